The first kappa shape index (κ1) is 14.7. The summed E-state index contributed by atoms with van der Waals surface area (Å²) in [5.74, 6) is 0.333. The molecule has 0 aliphatic rings. The first-order chi connectivity index (χ1) is 9.58. The van der Waals surface area contributed by atoms with Crippen molar-refractivity contribution in [1.29, 1.82) is 0 Å². The maximum absolute atomic E-state index is 9.49. The summed E-state index contributed by atoms with van der Waals surface area (Å²) < 4.78 is 7.10. The highest BCUT2D eigenvalue weighted by Gasteiger charge is 2.22. The van der Waals surface area contributed by atoms with Crippen LogP contribution in [-0.4, -0.2) is 55.3 Å². The topological polar surface area (TPSA) is 127 Å². The Balaban J connectivity index is 2.32. The Hall–Kier alpha value is -1.74. The lowest BCUT2D eigenvalue weighted by Gasteiger charge is -2.25. The van der Waals surface area contributed by atoms with Gasteiger partial charge in [-0.05, 0) is 13.0 Å². The van der Waals surface area contributed by atoms with Crippen LogP contribution in [0.1, 0.15) is 13.2 Å². The highest BCUT2D eigenvalue weighted by molar-refractivity contribution is 5.86. The summed E-state index contributed by atoms with van der Waals surface area (Å²) in [4.78, 5) is 7.99. The summed E-state index contributed by atoms with van der Waals surface area (Å²) in [6, 6.07) is 1.72. The highest BCUT2D eigenvalue weighted by atomic mass is 16.5. The van der Waals surface area contributed by atoms with Crippen molar-refractivity contribution in [3.63, 3.8) is 0 Å². The van der Waals surface area contributed by atoms with Crippen LogP contribution in [0.5, 0.6) is 0 Å². The normalized spacial score (nSPS) is 16.2. The third kappa shape index (κ3) is 2.73. The van der Waals surface area contributed by atoms with Crippen molar-refractivity contribution >= 4 is 16.9 Å². The Morgan fingerprint density at radius 1 is 1.35 bits per heavy atom. The summed E-state index contributed by atoms with van der Waals surface area (Å²) in [5, 5.41) is 28.8. The Labute approximate surface area is 115 Å². The molecule has 8 heteroatoms. The van der Waals surface area contributed by atoms with Crippen LogP contribution < -0.4 is 5.73 Å². The number of hydrogen-bond donors (Lipinski definition) is 4. The Morgan fingerprint density at radius 3 is 2.70 bits per heavy atom. The average molecular weight is 282 g/mol. The second-order valence-corrected chi connectivity index (χ2v) is 4.45. The van der Waals surface area contributed by atoms with Gasteiger partial charge in [-0.15, -0.1) is 0 Å². The minimum absolute atomic E-state index is 0.333. The third-order valence-electron chi connectivity index (χ3n) is 3.06. The highest BCUT2D eigenvalue weighted by Crippen LogP contribution is 2.23. The number of ether oxygens (including phenoxy) is 1. The first-order valence-corrected chi connectivity index (χ1v) is 6.20. The van der Waals surface area contributed by atoms with E-state index in [2.05, 4.69) is 9.97 Å². The van der Waals surface area contributed by atoms with Gasteiger partial charge in [0.05, 0.1) is 24.7 Å². The number of nitrogens with two attached hydrogens (primary N) is 1. The largest absolute Gasteiger partial charge is 0.394 e. The molecule has 2 rings (SSSR count). The molecule has 8 nitrogen and oxygen atoms in total. The predicted octanol–water partition coefficient (Wildman–Crippen LogP) is -0.737. The molecule has 110 valence electrons. The second kappa shape index (κ2) is 6.14. The summed E-state index contributed by atoms with van der Waals surface area (Å²) in [6.45, 7) is 0.810. The van der Waals surface area contributed by atoms with E-state index >= 15 is 0 Å². The lowest BCUT2D eigenvalue weighted by atomic mass is 10.2. The van der Waals surface area contributed by atoms with E-state index < -0.39 is 18.4 Å². The van der Waals surface area contributed by atoms with Gasteiger partial charge in [-0.1, -0.05) is 0 Å². The molecule has 0 aromatic carbocycles. The molecule has 2 aromatic rings. The zero-order valence-electron chi connectivity index (χ0n) is 11.0. The fourth-order valence-corrected chi connectivity index (χ4v) is 1.93. The van der Waals surface area contributed by atoms with E-state index in [9.17, 15) is 15.3 Å². The van der Waals surface area contributed by atoms with Crippen molar-refractivity contribution in [2.24, 2.45) is 0 Å². The van der Waals surface area contributed by atoms with Gasteiger partial charge in [0.1, 0.15) is 23.9 Å². The molecule has 0 amide bonds. The number of fused-ring (bicyclic) bond motifs is 1. The van der Waals surface area contributed by atoms with E-state index in [0.29, 0.717) is 16.9 Å². The van der Waals surface area contributed by atoms with Crippen LogP contribution in [0, 0.1) is 0 Å². The molecule has 0 spiro atoms. The number of nitrogen functional groups attached to an aromatic ring is 1. The molecular weight excluding hydrogens is 264 g/mol. The molecule has 0 radical (unpaired) electrons. The van der Waals surface area contributed by atoms with Crippen LogP contribution in [0.15, 0.2) is 18.6 Å². The molecule has 0 saturated heterocycles. The minimum Gasteiger partial charge on any atom is -0.394 e. The quantitative estimate of drug-likeness (QED) is 0.549. The van der Waals surface area contributed by atoms with Crippen molar-refractivity contribution in [3.05, 3.63) is 18.6 Å². The van der Waals surface area contributed by atoms with Gasteiger partial charge in [0.15, 0.2) is 6.23 Å². The molecule has 0 fully saturated rings. The molecule has 2 heterocycles. The van der Waals surface area contributed by atoms with Crippen LogP contribution >= 0.6 is 0 Å². The molecule has 3 atom stereocenters. The number of nitrogens with zero attached hydrogens (tertiary/aromatic N) is 3. The summed E-state index contributed by atoms with van der Waals surface area (Å²) in [5.41, 5.74) is 6.25. The SMILES string of the molecule is C[C@@H](O)[C@@H](CO)O[C@H](CO)n1ccc2c(N)ncnc21. The fraction of sp³-hybridized carbons (Fsp3) is 0.500. The van der Waals surface area contributed by atoms with E-state index in [1.54, 1.807) is 16.8 Å². The lowest BCUT2D eigenvalue weighted by Crippen LogP contribution is -2.34. The van der Waals surface area contributed by atoms with Gasteiger partial charge in [0, 0.05) is 6.20 Å². The van der Waals surface area contributed by atoms with Crippen LogP contribution in [0.4, 0.5) is 5.82 Å². The van der Waals surface area contributed by atoms with Gasteiger partial charge < -0.3 is 30.4 Å². The summed E-state index contributed by atoms with van der Waals surface area (Å²) in [7, 11) is 0. The number of hydrogen-bond acceptors (Lipinski definition) is 7. The number of aliphatic hydroxyl groups is 3. The maximum Gasteiger partial charge on any atom is 0.158 e. The first-order valence-electron chi connectivity index (χ1n) is 6.20. The van der Waals surface area contributed by atoms with E-state index in [4.69, 9.17) is 10.5 Å². The van der Waals surface area contributed by atoms with E-state index in [0.717, 1.165) is 0 Å². The second-order valence-electron chi connectivity index (χ2n) is 4.45. The van der Waals surface area contributed by atoms with Crippen LogP contribution in [0.3, 0.4) is 0 Å². The van der Waals surface area contributed by atoms with Gasteiger partial charge in [-0.25, -0.2) is 9.97 Å². The van der Waals surface area contributed by atoms with Gasteiger partial charge >= 0.3 is 0 Å². The van der Waals surface area contributed by atoms with Crippen LogP contribution in [0.25, 0.3) is 11.0 Å². The van der Waals surface area contributed by atoms with E-state index in [1.165, 1.54) is 13.3 Å². The van der Waals surface area contributed by atoms with Crippen molar-refractivity contribution in [2.45, 2.75) is 25.4 Å². The van der Waals surface area contributed by atoms with Crippen LogP contribution in [-0.2, 0) is 4.74 Å². The van der Waals surface area contributed by atoms with Crippen molar-refractivity contribution in [1.82, 2.24) is 14.5 Å². The molecule has 5 N–H and O–H groups in total. The van der Waals surface area contributed by atoms with Gasteiger partial charge in [0.25, 0.3) is 0 Å². The summed E-state index contributed by atoms with van der Waals surface area (Å²) >= 11 is 0. The maximum atomic E-state index is 9.49. The Kier molecular flexibility index (Phi) is 4.50. The Bertz CT molecular complexity index is 572. The molecule has 0 unspecified atom stereocenters. The molecule has 20 heavy (non-hydrogen) atoms. The van der Waals surface area contributed by atoms with E-state index in [-0.39, 0.29) is 13.2 Å². The van der Waals surface area contributed by atoms with Crippen molar-refractivity contribution in [3.8, 4) is 0 Å². The summed E-state index contributed by atoms with van der Waals surface area (Å²) in [6.07, 6.45) is 0.529. The Morgan fingerprint density at radius 2 is 2.10 bits per heavy atom. The smallest absolute Gasteiger partial charge is 0.158 e. The fourth-order valence-electron chi connectivity index (χ4n) is 1.93. The van der Waals surface area contributed by atoms with E-state index in [1.807, 2.05) is 0 Å². The standard InChI is InChI=1S/C12H18N4O4/c1-7(19)9(4-17)20-10(5-18)16-3-2-8-11(13)14-6-15-12(8)16/h2-3,6-7,9-10,17-19H,4-5H2,1H3,(H2,13,14,15)/t7-,9-,10-/m1/s1. The van der Waals surface area contributed by atoms with Gasteiger partial charge in [-0.2, -0.15) is 0 Å². The third-order valence-corrected chi connectivity index (χ3v) is 3.06. The van der Waals surface area contributed by atoms with Crippen molar-refractivity contribution in [2.75, 3.05) is 18.9 Å². The number of rotatable bonds is 6. The van der Waals surface area contributed by atoms with Gasteiger partial charge in [-0.3, -0.25) is 0 Å². The average Bonchev–Trinajstić information content (AvgIpc) is 2.85. The zero-order chi connectivity index (χ0) is 14.7. The molecule has 0 aliphatic heterocycles. The predicted molar refractivity (Wildman–Crippen MR) is 71.7 cm³/mol. The molecule has 0 saturated carbocycles. The zero-order valence-corrected chi connectivity index (χ0v) is 11.0. The molecular formula is C12H18N4O4. The van der Waals surface area contributed by atoms with Crippen LogP contribution in [0.2, 0.25) is 0 Å². The number of anilines is 1. The molecule has 2 aromatic heterocycles. The minimum atomic E-state index is -0.865. The van der Waals surface area contributed by atoms with Gasteiger partial charge in [0.2, 0.25) is 0 Å². The monoisotopic (exact) mass is 282 g/mol. The van der Waals surface area contributed by atoms with Crippen molar-refractivity contribution < 1.29 is 20.1 Å². The molecule has 0 aliphatic carbocycles. The lowest BCUT2D eigenvalue weighted by molar-refractivity contribution is -0.131. The molecule has 0 bridgehead atoms. The number of aromatic nitrogens is 3. The number of aliphatic hydroxyl groups excluding tert-OH is 3.